The van der Waals surface area contributed by atoms with Gasteiger partial charge in [-0.1, -0.05) is 55.8 Å². The lowest BCUT2D eigenvalue weighted by Crippen LogP contribution is -2.25. The van der Waals surface area contributed by atoms with Crippen LogP contribution < -0.4 is 4.90 Å². The lowest BCUT2D eigenvalue weighted by atomic mass is 9.83. The summed E-state index contributed by atoms with van der Waals surface area (Å²) in [5.41, 5.74) is 3.08. The van der Waals surface area contributed by atoms with Crippen molar-refractivity contribution < 1.29 is 14.3 Å². The van der Waals surface area contributed by atoms with Gasteiger partial charge in [-0.2, -0.15) is 5.26 Å². The summed E-state index contributed by atoms with van der Waals surface area (Å²) in [6, 6.07) is 16.4. The fourth-order valence-electron chi connectivity index (χ4n) is 3.53. The average molecular weight is 421 g/mol. The Morgan fingerprint density at radius 1 is 1.17 bits per heavy atom. The summed E-state index contributed by atoms with van der Waals surface area (Å²) in [7, 11) is 1.90. The Labute approximate surface area is 180 Å². The van der Waals surface area contributed by atoms with E-state index in [4.69, 9.17) is 16.3 Å². The van der Waals surface area contributed by atoms with Gasteiger partial charge in [-0.15, -0.1) is 0 Å². The van der Waals surface area contributed by atoms with Crippen LogP contribution in [-0.4, -0.2) is 25.4 Å². The molecule has 0 atom stereocenters. The Bertz CT molecular complexity index is 1090. The number of esters is 1. The molecule has 0 N–H and O–H groups in total. The Hall–Kier alpha value is -3.36. The van der Waals surface area contributed by atoms with Crippen LogP contribution in [0.15, 0.2) is 65.9 Å². The second-order valence-corrected chi connectivity index (χ2v) is 7.93. The zero-order chi connectivity index (χ0) is 21.9. The number of benzene rings is 2. The predicted octanol–water partition coefficient (Wildman–Crippen LogP) is 4.67. The SMILES string of the molecule is CN1/C(=C\C(=O)COC(=O)/C(C#N)=C\c2ccc(Cl)cc2)C(C)(C)c2ccccc21. The molecule has 0 radical (unpaired) electrons. The van der Waals surface area contributed by atoms with E-state index in [9.17, 15) is 14.9 Å². The van der Waals surface area contributed by atoms with Crippen molar-refractivity contribution in [3.8, 4) is 6.07 Å². The summed E-state index contributed by atoms with van der Waals surface area (Å²) < 4.78 is 5.08. The Morgan fingerprint density at radius 3 is 2.47 bits per heavy atom. The molecule has 0 aliphatic carbocycles. The number of fused-ring (bicyclic) bond motifs is 1. The molecule has 6 heteroatoms. The zero-order valence-electron chi connectivity index (χ0n) is 17.0. The molecule has 152 valence electrons. The lowest BCUT2D eigenvalue weighted by molar-refractivity contribution is -0.142. The molecule has 3 rings (SSSR count). The fraction of sp³-hybridized carbons (Fsp3) is 0.208. The first kappa shape index (κ1) is 21.4. The van der Waals surface area contributed by atoms with Gasteiger partial charge in [0.05, 0.1) is 0 Å². The number of nitriles is 1. The van der Waals surface area contributed by atoms with Crippen molar-refractivity contribution in [3.63, 3.8) is 0 Å². The topological polar surface area (TPSA) is 70.4 Å². The average Bonchev–Trinajstić information content (AvgIpc) is 2.92. The van der Waals surface area contributed by atoms with Crippen LogP contribution >= 0.6 is 11.6 Å². The molecule has 2 aromatic carbocycles. The van der Waals surface area contributed by atoms with Crippen LogP contribution in [0.2, 0.25) is 5.02 Å². The van der Waals surface area contributed by atoms with Gasteiger partial charge in [0, 0.05) is 34.9 Å². The smallest absolute Gasteiger partial charge is 0.349 e. The van der Waals surface area contributed by atoms with Gasteiger partial charge in [0.2, 0.25) is 0 Å². The third-order valence-electron chi connectivity index (χ3n) is 5.11. The van der Waals surface area contributed by atoms with Crippen molar-refractivity contribution in [1.29, 1.82) is 5.26 Å². The number of halogens is 1. The van der Waals surface area contributed by atoms with Crippen molar-refractivity contribution in [2.24, 2.45) is 0 Å². The third-order valence-corrected chi connectivity index (χ3v) is 5.36. The number of ketones is 1. The van der Waals surface area contributed by atoms with E-state index in [1.54, 1.807) is 24.3 Å². The van der Waals surface area contributed by atoms with E-state index >= 15 is 0 Å². The Kier molecular flexibility index (Phi) is 6.09. The van der Waals surface area contributed by atoms with Crippen LogP contribution in [0.3, 0.4) is 0 Å². The third kappa shape index (κ3) is 4.29. The van der Waals surface area contributed by atoms with Crippen LogP contribution in [0.5, 0.6) is 0 Å². The molecular weight excluding hydrogens is 400 g/mol. The molecule has 0 amide bonds. The van der Waals surface area contributed by atoms with E-state index in [-0.39, 0.29) is 16.8 Å². The minimum absolute atomic E-state index is 0.191. The highest BCUT2D eigenvalue weighted by molar-refractivity contribution is 6.30. The number of hydrogen-bond donors (Lipinski definition) is 0. The van der Waals surface area contributed by atoms with Gasteiger partial charge in [0.1, 0.15) is 11.6 Å². The van der Waals surface area contributed by atoms with Gasteiger partial charge >= 0.3 is 5.97 Å². The molecule has 0 aromatic heterocycles. The van der Waals surface area contributed by atoms with Gasteiger partial charge in [-0.3, -0.25) is 4.79 Å². The second kappa shape index (κ2) is 8.56. The highest BCUT2D eigenvalue weighted by Crippen LogP contribution is 2.46. The van der Waals surface area contributed by atoms with Crippen molar-refractivity contribution in [2.45, 2.75) is 19.3 Å². The molecular formula is C24H21ClN2O3. The van der Waals surface area contributed by atoms with Crippen LogP contribution in [0.4, 0.5) is 5.69 Å². The van der Waals surface area contributed by atoms with Crippen LogP contribution in [-0.2, 0) is 19.7 Å². The quantitative estimate of drug-likeness (QED) is 0.399. The highest BCUT2D eigenvalue weighted by Gasteiger charge is 2.38. The normalized spacial score (nSPS) is 16.2. The maximum absolute atomic E-state index is 12.5. The van der Waals surface area contributed by atoms with Crippen molar-refractivity contribution in [1.82, 2.24) is 0 Å². The highest BCUT2D eigenvalue weighted by atomic mass is 35.5. The number of hydrogen-bond acceptors (Lipinski definition) is 5. The molecule has 30 heavy (non-hydrogen) atoms. The van der Waals surface area contributed by atoms with E-state index < -0.39 is 12.6 Å². The number of rotatable bonds is 5. The largest absolute Gasteiger partial charge is 0.453 e. The number of anilines is 1. The van der Waals surface area contributed by atoms with Crippen molar-refractivity contribution in [3.05, 3.63) is 82.0 Å². The minimum atomic E-state index is -0.846. The van der Waals surface area contributed by atoms with Crippen LogP contribution in [0.1, 0.15) is 25.0 Å². The first-order chi connectivity index (χ1) is 14.2. The van der Waals surface area contributed by atoms with Gasteiger partial charge < -0.3 is 9.64 Å². The molecule has 0 bridgehead atoms. The number of likely N-dealkylation sites (N-methyl/N-ethyl adjacent to an activating group) is 1. The summed E-state index contributed by atoms with van der Waals surface area (Å²) in [5.74, 6) is -1.20. The summed E-state index contributed by atoms with van der Waals surface area (Å²) in [6.07, 6.45) is 2.90. The summed E-state index contributed by atoms with van der Waals surface area (Å²) >= 11 is 5.84. The number of carbonyl (C=O) groups is 2. The zero-order valence-corrected chi connectivity index (χ0v) is 17.7. The number of nitrogens with zero attached hydrogens (tertiary/aromatic N) is 2. The van der Waals surface area contributed by atoms with Crippen LogP contribution in [0.25, 0.3) is 6.08 Å². The summed E-state index contributed by atoms with van der Waals surface area (Å²) in [6.45, 7) is 3.65. The standard InChI is InChI=1S/C24H21ClN2O3/c1-24(2)20-6-4-5-7-21(20)27(3)22(24)13-19(28)15-30-23(29)17(14-26)12-16-8-10-18(25)11-9-16/h4-13H,15H2,1-3H3/b17-12-,22-13-. The number of para-hydroxylation sites is 1. The van der Waals surface area contributed by atoms with Gasteiger partial charge in [-0.05, 0) is 35.4 Å². The number of carbonyl (C=O) groups excluding carboxylic acids is 2. The van der Waals surface area contributed by atoms with Gasteiger partial charge in [0.15, 0.2) is 12.4 Å². The molecule has 0 spiro atoms. The summed E-state index contributed by atoms with van der Waals surface area (Å²) in [5, 5.41) is 9.81. The van der Waals surface area contributed by atoms with E-state index in [0.29, 0.717) is 10.6 Å². The fourth-order valence-corrected chi connectivity index (χ4v) is 3.66. The first-order valence-corrected chi connectivity index (χ1v) is 9.74. The van der Waals surface area contributed by atoms with Crippen LogP contribution in [0, 0.1) is 11.3 Å². The van der Waals surface area contributed by atoms with E-state index in [1.165, 1.54) is 12.2 Å². The van der Waals surface area contributed by atoms with Crippen molar-refractivity contribution in [2.75, 3.05) is 18.6 Å². The lowest BCUT2D eigenvalue weighted by Gasteiger charge is -2.23. The molecule has 0 saturated carbocycles. The minimum Gasteiger partial charge on any atom is -0.453 e. The van der Waals surface area contributed by atoms with E-state index in [1.807, 2.05) is 56.1 Å². The first-order valence-electron chi connectivity index (χ1n) is 9.37. The molecule has 5 nitrogen and oxygen atoms in total. The molecule has 0 saturated heterocycles. The maximum Gasteiger partial charge on any atom is 0.349 e. The molecule has 1 aliphatic heterocycles. The van der Waals surface area contributed by atoms with E-state index in [0.717, 1.165) is 16.9 Å². The van der Waals surface area contributed by atoms with Gasteiger partial charge in [0.25, 0.3) is 0 Å². The predicted molar refractivity (Wildman–Crippen MR) is 117 cm³/mol. The molecule has 0 fully saturated rings. The number of allylic oxidation sites excluding steroid dienone is 1. The molecule has 1 heterocycles. The Morgan fingerprint density at radius 2 is 1.83 bits per heavy atom. The maximum atomic E-state index is 12.5. The van der Waals surface area contributed by atoms with E-state index in [2.05, 4.69) is 0 Å². The molecule has 0 unspecified atom stereocenters. The second-order valence-electron chi connectivity index (χ2n) is 7.49. The molecule has 1 aliphatic rings. The number of ether oxygens (including phenoxy) is 1. The van der Waals surface area contributed by atoms with Gasteiger partial charge in [-0.25, -0.2) is 4.79 Å². The molecule has 2 aromatic rings. The van der Waals surface area contributed by atoms with Crippen molar-refractivity contribution >= 4 is 35.1 Å². The monoisotopic (exact) mass is 420 g/mol. The summed E-state index contributed by atoms with van der Waals surface area (Å²) in [4.78, 5) is 26.7. The Balaban J connectivity index is 1.70.